The lowest BCUT2D eigenvalue weighted by Gasteiger charge is -2.12. The molecule has 0 saturated heterocycles. The fraction of sp³-hybridized carbons (Fsp3) is 0. The largest absolute Gasteiger partial charge is 0.505 e. The van der Waals surface area contributed by atoms with Crippen molar-refractivity contribution in [3.8, 4) is 5.75 Å². The first-order chi connectivity index (χ1) is 17.7. The number of nitrogens with one attached hydrogen (secondary N) is 1. The van der Waals surface area contributed by atoms with Crippen LogP contribution in [0.15, 0.2) is 85.8 Å². The van der Waals surface area contributed by atoms with Crippen LogP contribution >= 0.6 is 0 Å². The van der Waals surface area contributed by atoms with E-state index in [1.807, 2.05) is 0 Å². The SMILES string of the molecule is Nc1cc(S(=O)(=O)O)cc2cc(S(=O)(=O)O)c(N=Nc3ccc(S(=O)(=O)Nc4ncccn4)cc3)c(O)c12. The van der Waals surface area contributed by atoms with Gasteiger partial charge in [0.1, 0.15) is 10.6 Å². The number of aromatic nitrogens is 2. The van der Waals surface area contributed by atoms with Crippen LogP contribution < -0.4 is 10.5 Å². The van der Waals surface area contributed by atoms with Crippen molar-refractivity contribution >= 4 is 64.0 Å². The summed E-state index contributed by atoms with van der Waals surface area (Å²) in [4.78, 5) is 5.74. The fourth-order valence-corrected chi connectivity index (χ4v) is 5.43. The smallest absolute Gasteiger partial charge is 0.296 e. The van der Waals surface area contributed by atoms with Crippen LogP contribution in [-0.2, 0) is 30.3 Å². The number of hydrogen-bond acceptors (Lipinski definition) is 12. The summed E-state index contributed by atoms with van der Waals surface area (Å²) in [5, 5.41) is 17.7. The van der Waals surface area contributed by atoms with E-state index in [1.54, 1.807) is 0 Å². The summed E-state index contributed by atoms with van der Waals surface area (Å²) < 4.78 is 93.1. The lowest BCUT2D eigenvalue weighted by atomic mass is 10.1. The summed E-state index contributed by atoms with van der Waals surface area (Å²) in [6, 6.07) is 8.74. The molecule has 0 fully saturated rings. The van der Waals surface area contributed by atoms with E-state index in [1.165, 1.54) is 42.7 Å². The Morgan fingerprint density at radius 1 is 0.816 bits per heavy atom. The minimum atomic E-state index is -5.03. The molecule has 1 heterocycles. The van der Waals surface area contributed by atoms with Crippen molar-refractivity contribution in [1.29, 1.82) is 0 Å². The monoisotopic (exact) mass is 580 g/mol. The number of hydrogen-bond donors (Lipinski definition) is 5. The van der Waals surface area contributed by atoms with Crippen molar-refractivity contribution in [2.75, 3.05) is 10.5 Å². The second-order valence-electron chi connectivity index (χ2n) is 7.50. The Labute approximate surface area is 215 Å². The van der Waals surface area contributed by atoms with Gasteiger partial charge in [0.05, 0.1) is 15.5 Å². The fourth-order valence-electron chi connectivity index (χ4n) is 3.26. The molecule has 15 nitrogen and oxygen atoms in total. The van der Waals surface area contributed by atoms with E-state index in [0.29, 0.717) is 0 Å². The summed E-state index contributed by atoms with van der Waals surface area (Å²) >= 11 is 0. The molecule has 38 heavy (non-hydrogen) atoms. The number of nitrogen functional groups attached to an aromatic ring is 1. The number of nitrogens with two attached hydrogens (primary N) is 1. The van der Waals surface area contributed by atoms with E-state index < -0.39 is 51.5 Å². The van der Waals surface area contributed by atoms with Gasteiger partial charge < -0.3 is 10.8 Å². The lowest BCUT2D eigenvalue weighted by Crippen LogP contribution is -2.14. The van der Waals surface area contributed by atoms with Crippen LogP contribution in [0.5, 0.6) is 5.75 Å². The van der Waals surface area contributed by atoms with Crippen LogP contribution in [0.2, 0.25) is 0 Å². The molecule has 0 saturated carbocycles. The van der Waals surface area contributed by atoms with Gasteiger partial charge in [-0.3, -0.25) is 9.11 Å². The maximum Gasteiger partial charge on any atom is 0.296 e. The molecule has 18 heteroatoms. The summed E-state index contributed by atoms with van der Waals surface area (Å²) in [5.74, 6) is -1.01. The third-order valence-corrected chi connectivity index (χ3v) is 7.98. The van der Waals surface area contributed by atoms with E-state index in [9.17, 15) is 39.5 Å². The van der Waals surface area contributed by atoms with Crippen LogP contribution in [0.1, 0.15) is 0 Å². The van der Waals surface area contributed by atoms with Crippen molar-refractivity contribution in [1.82, 2.24) is 9.97 Å². The van der Waals surface area contributed by atoms with Crippen molar-refractivity contribution < 1.29 is 39.5 Å². The van der Waals surface area contributed by atoms with E-state index in [0.717, 1.165) is 18.2 Å². The molecule has 0 aliphatic carbocycles. The molecule has 4 aromatic rings. The van der Waals surface area contributed by atoms with Crippen LogP contribution in [0, 0.1) is 0 Å². The van der Waals surface area contributed by atoms with Crippen LogP contribution in [0.25, 0.3) is 10.8 Å². The van der Waals surface area contributed by atoms with Gasteiger partial charge in [0, 0.05) is 23.5 Å². The number of nitrogens with zero attached hydrogens (tertiary/aromatic N) is 4. The minimum absolute atomic E-state index is 0.0235. The molecule has 1 aromatic heterocycles. The normalized spacial score (nSPS) is 12.7. The molecule has 0 radical (unpaired) electrons. The van der Waals surface area contributed by atoms with Gasteiger partial charge in [-0.2, -0.15) is 21.9 Å². The van der Waals surface area contributed by atoms with Crippen LogP contribution in [-0.4, -0.2) is 49.4 Å². The van der Waals surface area contributed by atoms with Gasteiger partial charge in [-0.1, -0.05) is 0 Å². The quantitative estimate of drug-likeness (QED) is 0.120. The van der Waals surface area contributed by atoms with Crippen LogP contribution in [0.4, 0.5) is 23.0 Å². The molecule has 0 aliphatic rings. The minimum Gasteiger partial charge on any atom is -0.505 e. The molecule has 0 aliphatic heterocycles. The predicted octanol–water partition coefficient (Wildman–Crippen LogP) is 2.63. The molecule has 0 spiro atoms. The average molecular weight is 581 g/mol. The number of fused-ring (bicyclic) bond motifs is 1. The van der Waals surface area contributed by atoms with E-state index in [2.05, 4.69) is 24.9 Å². The van der Waals surface area contributed by atoms with Gasteiger partial charge in [0.2, 0.25) is 5.95 Å². The standard InChI is InChI=1S/C20H16N6O9S3/c21-15-10-14(37(30,31)32)8-11-9-16(38(33,34)35)18(19(27)17(11)15)25-24-12-2-4-13(5-3-12)36(28,29)26-20-22-6-1-7-23-20/h1-10,27H,21H2,(H,22,23,26)(H,30,31,32)(H,33,34,35). The molecule has 0 bridgehead atoms. The summed E-state index contributed by atoms with van der Waals surface area (Å²) in [6.45, 7) is 0. The lowest BCUT2D eigenvalue weighted by molar-refractivity contribution is 0.472. The zero-order valence-electron chi connectivity index (χ0n) is 18.7. The highest BCUT2D eigenvalue weighted by Crippen LogP contribution is 2.44. The number of azo groups is 1. The number of aromatic hydroxyl groups is 1. The zero-order valence-corrected chi connectivity index (χ0v) is 21.1. The Hall–Kier alpha value is -4.23. The van der Waals surface area contributed by atoms with Crippen molar-refractivity contribution in [3.05, 3.63) is 60.9 Å². The molecule has 0 unspecified atom stereocenters. The molecule has 0 amide bonds. The number of sulfonamides is 1. The summed E-state index contributed by atoms with van der Waals surface area (Å²) in [5.41, 5.74) is 4.75. The van der Waals surface area contributed by atoms with Gasteiger partial charge in [-0.25, -0.2) is 23.1 Å². The number of benzene rings is 3. The van der Waals surface area contributed by atoms with Gasteiger partial charge in [-0.15, -0.1) is 5.11 Å². The molecular weight excluding hydrogens is 564 g/mol. The highest BCUT2D eigenvalue weighted by molar-refractivity contribution is 7.92. The van der Waals surface area contributed by atoms with Gasteiger partial charge in [-0.05, 0) is 53.9 Å². The molecular formula is C20H16N6O9S3. The first-order valence-corrected chi connectivity index (χ1v) is 14.4. The van der Waals surface area contributed by atoms with E-state index in [-0.39, 0.29) is 33.0 Å². The highest BCUT2D eigenvalue weighted by Gasteiger charge is 2.25. The number of phenolic OH excluding ortho intramolecular Hbond substituents is 1. The Balaban J connectivity index is 1.75. The predicted molar refractivity (Wildman–Crippen MR) is 133 cm³/mol. The third-order valence-electron chi connectivity index (χ3n) is 4.93. The molecule has 198 valence electrons. The van der Waals surface area contributed by atoms with Crippen LogP contribution in [0.3, 0.4) is 0 Å². The van der Waals surface area contributed by atoms with Crippen molar-refractivity contribution in [2.45, 2.75) is 14.7 Å². The first kappa shape index (κ1) is 26.8. The van der Waals surface area contributed by atoms with Gasteiger partial charge in [0.15, 0.2) is 5.75 Å². The van der Waals surface area contributed by atoms with E-state index in [4.69, 9.17) is 5.73 Å². The van der Waals surface area contributed by atoms with Crippen molar-refractivity contribution in [2.24, 2.45) is 10.2 Å². The summed E-state index contributed by atoms with van der Waals surface area (Å²) in [6.07, 6.45) is 2.69. The average Bonchev–Trinajstić information content (AvgIpc) is 2.82. The molecule has 0 atom stereocenters. The van der Waals surface area contributed by atoms with Gasteiger partial charge in [0.25, 0.3) is 30.3 Å². The number of anilines is 2. The third kappa shape index (κ3) is 5.53. The summed E-state index contributed by atoms with van der Waals surface area (Å²) in [7, 11) is -13.8. The zero-order chi connectivity index (χ0) is 27.9. The Kier molecular flexibility index (Phi) is 6.76. The Bertz CT molecular complexity index is 1910. The second kappa shape index (κ2) is 9.58. The Morgan fingerprint density at radius 3 is 2.03 bits per heavy atom. The maximum absolute atomic E-state index is 12.5. The molecule has 4 rings (SSSR count). The highest BCUT2D eigenvalue weighted by atomic mass is 32.2. The molecule has 6 N–H and O–H groups in total. The topological polar surface area (TPSA) is 252 Å². The van der Waals surface area contributed by atoms with Gasteiger partial charge >= 0.3 is 0 Å². The molecule has 3 aromatic carbocycles. The second-order valence-corrected chi connectivity index (χ2v) is 12.0. The Morgan fingerprint density at radius 2 is 1.45 bits per heavy atom. The maximum atomic E-state index is 12.5. The van der Waals surface area contributed by atoms with Crippen molar-refractivity contribution in [3.63, 3.8) is 0 Å². The van der Waals surface area contributed by atoms with E-state index >= 15 is 0 Å². The number of phenols is 1. The first-order valence-electron chi connectivity index (χ1n) is 10.0. The number of rotatable bonds is 7.